The largest absolute Gasteiger partial charge is 0.335 e. The van der Waals surface area contributed by atoms with Crippen LogP contribution in [0.3, 0.4) is 0 Å². The molecule has 0 fully saturated rings. The molecule has 0 aliphatic carbocycles. The maximum atomic E-state index is 12.9. The molecule has 0 aliphatic heterocycles. The van der Waals surface area contributed by atoms with Crippen LogP contribution in [0.1, 0.15) is 26.7 Å². The zero-order valence-electron chi connectivity index (χ0n) is 9.89. The number of anilines is 1. The summed E-state index contributed by atoms with van der Waals surface area (Å²) < 4.78 is 25.5. The van der Waals surface area contributed by atoms with Gasteiger partial charge < -0.3 is 10.6 Å². The minimum absolute atomic E-state index is 0.0466. The molecule has 94 valence electrons. The SMILES string of the molecule is CCCC(C)NC(=O)Nc1ccc(F)c(F)c1. The molecule has 0 aromatic heterocycles. The molecule has 1 aromatic carbocycles. The Bertz CT molecular complexity index is 396. The number of hydrogen-bond donors (Lipinski definition) is 2. The van der Waals surface area contributed by atoms with Crippen LogP contribution in [0.25, 0.3) is 0 Å². The van der Waals surface area contributed by atoms with Gasteiger partial charge in [-0.05, 0) is 25.5 Å². The van der Waals surface area contributed by atoms with Crippen LogP contribution in [-0.2, 0) is 0 Å². The molecule has 1 unspecified atom stereocenters. The first kappa shape index (κ1) is 13.4. The maximum absolute atomic E-state index is 12.9. The van der Waals surface area contributed by atoms with E-state index in [2.05, 4.69) is 10.6 Å². The molecule has 0 radical (unpaired) electrons. The third-order valence-electron chi connectivity index (χ3n) is 2.28. The van der Waals surface area contributed by atoms with Gasteiger partial charge in [0.15, 0.2) is 11.6 Å². The lowest BCUT2D eigenvalue weighted by atomic mass is 10.2. The van der Waals surface area contributed by atoms with Crippen LogP contribution in [0.5, 0.6) is 0 Å². The third kappa shape index (κ3) is 4.38. The molecular weight excluding hydrogens is 226 g/mol. The van der Waals surface area contributed by atoms with E-state index in [1.165, 1.54) is 6.07 Å². The Hall–Kier alpha value is -1.65. The van der Waals surface area contributed by atoms with Gasteiger partial charge in [0.2, 0.25) is 0 Å². The Morgan fingerprint density at radius 2 is 2.06 bits per heavy atom. The lowest BCUT2D eigenvalue weighted by Gasteiger charge is -2.13. The number of carbonyl (C=O) groups excluding carboxylic acids is 1. The highest BCUT2D eigenvalue weighted by Gasteiger charge is 2.08. The summed E-state index contributed by atoms with van der Waals surface area (Å²) in [5.74, 6) is -1.92. The predicted octanol–water partition coefficient (Wildman–Crippen LogP) is 3.27. The van der Waals surface area contributed by atoms with E-state index in [4.69, 9.17) is 0 Å². The highest BCUT2D eigenvalue weighted by Crippen LogP contribution is 2.12. The summed E-state index contributed by atoms with van der Waals surface area (Å²) in [6.07, 6.45) is 1.83. The van der Waals surface area contributed by atoms with Crippen molar-refractivity contribution in [3.05, 3.63) is 29.8 Å². The molecule has 0 bridgehead atoms. The van der Waals surface area contributed by atoms with E-state index in [-0.39, 0.29) is 11.7 Å². The van der Waals surface area contributed by atoms with E-state index in [0.717, 1.165) is 25.0 Å². The van der Waals surface area contributed by atoms with E-state index in [1.807, 2.05) is 13.8 Å². The summed E-state index contributed by atoms with van der Waals surface area (Å²) in [6, 6.07) is 2.85. The first-order valence-corrected chi connectivity index (χ1v) is 5.55. The van der Waals surface area contributed by atoms with Crippen LogP contribution >= 0.6 is 0 Å². The first-order valence-electron chi connectivity index (χ1n) is 5.55. The first-order chi connectivity index (χ1) is 8.02. The lowest BCUT2D eigenvalue weighted by molar-refractivity contribution is 0.248. The molecule has 2 amide bonds. The molecule has 0 aliphatic rings. The molecule has 0 saturated carbocycles. The fourth-order valence-corrected chi connectivity index (χ4v) is 1.47. The quantitative estimate of drug-likeness (QED) is 0.835. The van der Waals surface area contributed by atoms with Crippen LogP contribution in [-0.4, -0.2) is 12.1 Å². The molecule has 3 nitrogen and oxygen atoms in total. The van der Waals surface area contributed by atoms with Crippen molar-refractivity contribution in [2.45, 2.75) is 32.7 Å². The van der Waals surface area contributed by atoms with Crippen molar-refractivity contribution in [1.29, 1.82) is 0 Å². The predicted molar refractivity (Wildman–Crippen MR) is 62.9 cm³/mol. The van der Waals surface area contributed by atoms with Crippen LogP contribution in [0.4, 0.5) is 19.3 Å². The zero-order chi connectivity index (χ0) is 12.8. The average molecular weight is 242 g/mol. The summed E-state index contributed by atoms with van der Waals surface area (Å²) in [7, 11) is 0. The normalized spacial score (nSPS) is 12.0. The van der Waals surface area contributed by atoms with Crippen LogP contribution < -0.4 is 10.6 Å². The van der Waals surface area contributed by atoms with Gasteiger partial charge in [-0.2, -0.15) is 0 Å². The van der Waals surface area contributed by atoms with Gasteiger partial charge in [0, 0.05) is 17.8 Å². The smallest absolute Gasteiger partial charge is 0.319 e. The van der Waals surface area contributed by atoms with Gasteiger partial charge in [-0.3, -0.25) is 0 Å². The van der Waals surface area contributed by atoms with Crippen molar-refractivity contribution >= 4 is 11.7 Å². The van der Waals surface area contributed by atoms with E-state index < -0.39 is 17.7 Å². The standard InChI is InChI=1S/C12H16F2N2O/c1-3-4-8(2)15-12(17)16-9-5-6-10(13)11(14)7-9/h5-8H,3-4H2,1-2H3,(H2,15,16,17). The van der Waals surface area contributed by atoms with Crippen molar-refractivity contribution in [1.82, 2.24) is 5.32 Å². The monoisotopic (exact) mass is 242 g/mol. The molecular formula is C12H16F2N2O. The van der Waals surface area contributed by atoms with Crippen molar-refractivity contribution in [2.75, 3.05) is 5.32 Å². The van der Waals surface area contributed by atoms with Crippen LogP contribution in [0.2, 0.25) is 0 Å². The van der Waals surface area contributed by atoms with E-state index in [9.17, 15) is 13.6 Å². The summed E-state index contributed by atoms with van der Waals surface area (Å²) >= 11 is 0. The molecule has 0 saturated heterocycles. The summed E-state index contributed by atoms with van der Waals surface area (Å²) in [6.45, 7) is 3.90. The van der Waals surface area contributed by atoms with Gasteiger partial charge in [-0.1, -0.05) is 13.3 Å². The lowest BCUT2D eigenvalue weighted by Crippen LogP contribution is -2.35. The molecule has 0 spiro atoms. The number of benzene rings is 1. The fourth-order valence-electron chi connectivity index (χ4n) is 1.47. The summed E-state index contributed by atoms with van der Waals surface area (Å²) in [5.41, 5.74) is 0.227. The Balaban J connectivity index is 2.53. The number of amides is 2. The number of halogens is 2. The maximum Gasteiger partial charge on any atom is 0.319 e. The Morgan fingerprint density at radius 1 is 1.35 bits per heavy atom. The van der Waals surface area contributed by atoms with Crippen LogP contribution in [0, 0.1) is 11.6 Å². The number of hydrogen-bond acceptors (Lipinski definition) is 1. The highest BCUT2D eigenvalue weighted by molar-refractivity contribution is 5.89. The fraction of sp³-hybridized carbons (Fsp3) is 0.417. The van der Waals surface area contributed by atoms with Crippen molar-refractivity contribution < 1.29 is 13.6 Å². The minimum Gasteiger partial charge on any atom is -0.335 e. The second kappa shape index (κ2) is 6.18. The number of nitrogens with one attached hydrogen (secondary N) is 2. The van der Waals surface area contributed by atoms with Gasteiger partial charge in [0.1, 0.15) is 0 Å². The molecule has 5 heteroatoms. The number of rotatable bonds is 4. The Labute approximate surface area is 99.2 Å². The van der Waals surface area contributed by atoms with Gasteiger partial charge in [0.05, 0.1) is 0 Å². The van der Waals surface area contributed by atoms with Gasteiger partial charge >= 0.3 is 6.03 Å². The van der Waals surface area contributed by atoms with E-state index >= 15 is 0 Å². The second-order valence-corrected chi connectivity index (χ2v) is 3.92. The van der Waals surface area contributed by atoms with Crippen LogP contribution in [0.15, 0.2) is 18.2 Å². The molecule has 0 heterocycles. The molecule has 1 aromatic rings. The number of urea groups is 1. The Kier molecular flexibility index (Phi) is 4.87. The Morgan fingerprint density at radius 3 is 2.65 bits per heavy atom. The topological polar surface area (TPSA) is 41.1 Å². The summed E-state index contributed by atoms with van der Waals surface area (Å²) in [5, 5.41) is 5.14. The number of carbonyl (C=O) groups is 1. The third-order valence-corrected chi connectivity index (χ3v) is 2.28. The van der Waals surface area contributed by atoms with E-state index in [1.54, 1.807) is 0 Å². The average Bonchev–Trinajstić information content (AvgIpc) is 2.23. The highest BCUT2D eigenvalue weighted by atomic mass is 19.2. The van der Waals surface area contributed by atoms with Gasteiger partial charge in [0.25, 0.3) is 0 Å². The molecule has 2 N–H and O–H groups in total. The summed E-state index contributed by atoms with van der Waals surface area (Å²) in [4.78, 5) is 11.5. The van der Waals surface area contributed by atoms with Gasteiger partial charge in [-0.15, -0.1) is 0 Å². The van der Waals surface area contributed by atoms with Gasteiger partial charge in [-0.25, -0.2) is 13.6 Å². The second-order valence-electron chi connectivity index (χ2n) is 3.92. The van der Waals surface area contributed by atoms with Crippen molar-refractivity contribution in [3.63, 3.8) is 0 Å². The van der Waals surface area contributed by atoms with E-state index in [0.29, 0.717) is 0 Å². The van der Waals surface area contributed by atoms with Crippen molar-refractivity contribution in [2.24, 2.45) is 0 Å². The minimum atomic E-state index is -0.982. The zero-order valence-corrected chi connectivity index (χ0v) is 9.89. The molecule has 1 atom stereocenters. The van der Waals surface area contributed by atoms with Crippen molar-refractivity contribution in [3.8, 4) is 0 Å². The molecule has 17 heavy (non-hydrogen) atoms. The molecule has 1 rings (SSSR count).